The first-order chi connectivity index (χ1) is 12.0. The summed E-state index contributed by atoms with van der Waals surface area (Å²) in [4.78, 5) is 25.8. The zero-order chi connectivity index (χ0) is 18.0. The van der Waals surface area contributed by atoms with Crippen molar-refractivity contribution in [3.8, 4) is 0 Å². The third-order valence-corrected chi connectivity index (χ3v) is 4.81. The lowest BCUT2D eigenvalue weighted by molar-refractivity contribution is -0.121. The van der Waals surface area contributed by atoms with Gasteiger partial charge in [-0.3, -0.25) is 9.69 Å². The van der Waals surface area contributed by atoms with E-state index in [1.54, 1.807) is 19.1 Å². The van der Waals surface area contributed by atoms with Crippen LogP contribution >= 0.6 is 0 Å². The van der Waals surface area contributed by atoms with Gasteiger partial charge >= 0.3 is 5.97 Å². The molecule has 3 rings (SSSR count). The summed E-state index contributed by atoms with van der Waals surface area (Å²) in [5.41, 5.74) is 4.13. The van der Waals surface area contributed by atoms with Crippen molar-refractivity contribution in [2.45, 2.75) is 32.9 Å². The summed E-state index contributed by atoms with van der Waals surface area (Å²) in [5.74, 6) is -1.04. The van der Waals surface area contributed by atoms with Crippen molar-refractivity contribution in [2.24, 2.45) is 0 Å². The summed E-state index contributed by atoms with van der Waals surface area (Å²) in [7, 11) is 0. The minimum atomic E-state index is -0.962. The highest BCUT2D eigenvalue weighted by molar-refractivity contribution is 5.96. The summed E-state index contributed by atoms with van der Waals surface area (Å²) in [6, 6.07) is 12.9. The molecule has 1 amide bonds. The molecule has 0 unspecified atom stereocenters. The third kappa shape index (κ3) is 3.72. The molecule has 0 aromatic heterocycles. The van der Waals surface area contributed by atoms with Crippen LogP contribution in [0.1, 0.15) is 34.0 Å². The molecule has 1 heterocycles. The Bertz CT molecular complexity index is 816. The second-order valence-electron chi connectivity index (χ2n) is 6.49. The van der Waals surface area contributed by atoms with Crippen molar-refractivity contribution in [2.75, 3.05) is 11.9 Å². The van der Waals surface area contributed by atoms with Crippen LogP contribution in [0, 0.1) is 6.92 Å². The largest absolute Gasteiger partial charge is 0.478 e. The number of amides is 1. The van der Waals surface area contributed by atoms with Gasteiger partial charge in [-0.15, -0.1) is 0 Å². The van der Waals surface area contributed by atoms with Crippen molar-refractivity contribution in [3.05, 3.63) is 64.7 Å². The topological polar surface area (TPSA) is 69.6 Å². The first kappa shape index (κ1) is 17.2. The number of nitrogens with zero attached hydrogens (tertiary/aromatic N) is 1. The molecule has 1 aliphatic rings. The van der Waals surface area contributed by atoms with E-state index < -0.39 is 5.97 Å². The number of carboxylic acid groups (broad SMARTS) is 1. The van der Waals surface area contributed by atoms with Crippen molar-refractivity contribution in [3.63, 3.8) is 0 Å². The second-order valence-corrected chi connectivity index (χ2v) is 6.49. The van der Waals surface area contributed by atoms with E-state index >= 15 is 0 Å². The minimum absolute atomic E-state index is 0.0816. The Morgan fingerprint density at radius 3 is 2.56 bits per heavy atom. The van der Waals surface area contributed by atoms with Crippen LogP contribution in [0.15, 0.2) is 42.5 Å². The van der Waals surface area contributed by atoms with Gasteiger partial charge in [0.1, 0.15) is 0 Å². The van der Waals surface area contributed by atoms with Gasteiger partial charge in [-0.1, -0.05) is 24.3 Å². The number of fused-ring (bicyclic) bond motifs is 1. The van der Waals surface area contributed by atoms with Crippen molar-refractivity contribution < 1.29 is 14.7 Å². The van der Waals surface area contributed by atoms with Crippen LogP contribution in [0.25, 0.3) is 0 Å². The van der Waals surface area contributed by atoms with Gasteiger partial charge < -0.3 is 10.4 Å². The van der Waals surface area contributed by atoms with Crippen LogP contribution in [0.4, 0.5) is 5.69 Å². The Balaban J connectivity index is 1.67. The smallest absolute Gasteiger partial charge is 0.335 e. The molecule has 130 valence electrons. The number of carboxylic acids is 1. The van der Waals surface area contributed by atoms with Crippen molar-refractivity contribution in [1.82, 2.24) is 4.90 Å². The van der Waals surface area contributed by atoms with Crippen LogP contribution in [-0.4, -0.2) is 34.5 Å². The number of anilines is 1. The number of aromatic carboxylic acids is 1. The summed E-state index contributed by atoms with van der Waals surface area (Å²) in [5, 5.41) is 12.0. The summed E-state index contributed by atoms with van der Waals surface area (Å²) < 4.78 is 0. The number of carbonyl (C=O) groups is 2. The van der Waals surface area contributed by atoms with Crippen LogP contribution in [0.3, 0.4) is 0 Å². The van der Waals surface area contributed by atoms with E-state index in [2.05, 4.69) is 22.3 Å². The second kappa shape index (κ2) is 7.07. The zero-order valence-electron chi connectivity index (χ0n) is 14.5. The molecular weight excluding hydrogens is 316 g/mol. The predicted octanol–water partition coefficient (Wildman–Crippen LogP) is 3.08. The number of aryl methyl sites for hydroxylation is 1. The van der Waals surface area contributed by atoms with E-state index in [9.17, 15) is 9.59 Å². The van der Waals surface area contributed by atoms with Gasteiger partial charge in [-0.25, -0.2) is 4.79 Å². The number of rotatable bonds is 4. The van der Waals surface area contributed by atoms with E-state index in [1.807, 2.05) is 19.1 Å². The van der Waals surface area contributed by atoms with Crippen molar-refractivity contribution in [1.29, 1.82) is 0 Å². The molecule has 0 spiro atoms. The zero-order valence-corrected chi connectivity index (χ0v) is 14.5. The lowest BCUT2D eigenvalue weighted by Gasteiger charge is -2.32. The number of hydrogen-bond donors (Lipinski definition) is 2. The summed E-state index contributed by atoms with van der Waals surface area (Å²) in [6.45, 7) is 5.25. The fourth-order valence-corrected chi connectivity index (χ4v) is 3.24. The predicted molar refractivity (Wildman–Crippen MR) is 96.8 cm³/mol. The number of nitrogens with one attached hydrogen (secondary N) is 1. The molecule has 2 aromatic carbocycles. The number of carbonyl (C=O) groups excluding carboxylic acids is 1. The molecule has 2 N–H and O–H groups in total. The number of hydrogen-bond acceptors (Lipinski definition) is 3. The van der Waals surface area contributed by atoms with Gasteiger partial charge in [0.15, 0.2) is 0 Å². The lowest BCUT2D eigenvalue weighted by Crippen LogP contribution is -2.44. The summed E-state index contributed by atoms with van der Waals surface area (Å²) in [6.07, 6.45) is 0.945. The molecule has 0 bridgehead atoms. The molecule has 5 heteroatoms. The lowest BCUT2D eigenvalue weighted by atomic mass is 9.98. The molecule has 0 saturated heterocycles. The molecular formula is C20H22N2O3. The van der Waals surface area contributed by atoms with Gasteiger partial charge in [0.25, 0.3) is 0 Å². The van der Waals surface area contributed by atoms with Crippen LogP contribution in [-0.2, 0) is 17.8 Å². The fraction of sp³-hybridized carbons (Fsp3) is 0.300. The highest BCUT2D eigenvalue weighted by Crippen LogP contribution is 2.21. The fourth-order valence-electron chi connectivity index (χ4n) is 3.24. The van der Waals surface area contributed by atoms with Crippen LogP contribution in [0.5, 0.6) is 0 Å². The maximum Gasteiger partial charge on any atom is 0.335 e. The van der Waals surface area contributed by atoms with Gasteiger partial charge in [0, 0.05) is 18.8 Å². The Hall–Kier alpha value is -2.66. The van der Waals surface area contributed by atoms with Gasteiger partial charge in [0.2, 0.25) is 5.91 Å². The quantitative estimate of drug-likeness (QED) is 0.899. The first-order valence-corrected chi connectivity index (χ1v) is 8.41. The maximum atomic E-state index is 12.6. The van der Waals surface area contributed by atoms with E-state index in [-0.39, 0.29) is 17.5 Å². The molecule has 25 heavy (non-hydrogen) atoms. The molecule has 1 aliphatic heterocycles. The van der Waals surface area contributed by atoms with Crippen molar-refractivity contribution >= 4 is 17.6 Å². The molecule has 2 aromatic rings. The van der Waals surface area contributed by atoms with Crippen LogP contribution < -0.4 is 5.32 Å². The Morgan fingerprint density at radius 1 is 1.16 bits per heavy atom. The highest BCUT2D eigenvalue weighted by atomic mass is 16.4. The van der Waals surface area contributed by atoms with Gasteiger partial charge in [-0.05, 0) is 55.2 Å². The Morgan fingerprint density at radius 2 is 1.88 bits per heavy atom. The van der Waals surface area contributed by atoms with E-state index in [1.165, 1.54) is 17.2 Å². The monoisotopic (exact) mass is 338 g/mol. The Kier molecular flexibility index (Phi) is 4.86. The molecule has 1 atom stereocenters. The summed E-state index contributed by atoms with van der Waals surface area (Å²) >= 11 is 0. The minimum Gasteiger partial charge on any atom is -0.478 e. The molecule has 5 nitrogen and oxygen atoms in total. The molecule has 0 fully saturated rings. The van der Waals surface area contributed by atoms with E-state index in [0.29, 0.717) is 11.3 Å². The maximum absolute atomic E-state index is 12.6. The van der Waals surface area contributed by atoms with E-state index in [0.717, 1.165) is 19.5 Å². The van der Waals surface area contributed by atoms with Gasteiger partial charge in [0.05, 0.1) is 11.6 Å². The third-order valence-electron chi connectivity index (χ3n) is 4.81. The SMILES string of the molecule is Cc1cc(NC(=O)[C@H](C)N2CCc3ccccc3C2)ccc1C(=O)O. The molecule has 0 radical (unpaired) electrons. The van der Waals surface area contributed by atoms with Crippen LogP contribution in [0.2, 0.25) is 0 Å². The Labute approximate surface area is 147 Å². The normalized spacial score (nSPS) is 15.3. The average Bonchev–Trinajstić information content (AvgIpc) is 2.60. The molecule has 0 aliphatic carbocycles. The number of benzene rings is 2. The van der Waals surface area contributed by atoms with E-state index in [4.69, 9.17) is 5.11 Å². The first-order valence-electron chi connectivity index (χ1n) is 8.41. The average molecular weight is 338 g/mol. The highest BCUT2D eigenvalue weighted by Gasteiger charge is 2.25. The standard InChI is InChI=1S/C20H22N2O3/c1-13-11-17(7-8-18(13)20(24)25)21-19(23)14(2)22-10-9-15-5-3-4-6-16(15)12-22/h3-8,11,14H,9-10,12H2,1-2H3,(H,21,23)(H,24,25)/t14-/m0/s1. The van der Waals surface area contributed by atoms with Gasteiger partial charge in [-0.2, -0.15) is 0 Å². The molecule has 0 saturated carbocycles.